The lowest BCUT2D eigenvalue weighted by molar-refractivity contribution is -0.153. The van der Waals surface area contributed by atoms with E-state index in [0.717, 1.165) is 19.3 Å². The Hall–Kier alpha value is -0.650. The Balaban J connectivity index is 3.44. The van der Waals surface area contributed by atoms with E-state index >= 15 is 0 Å². The molecule has 0 aliphatic carbocycles. The molecule has 2 N–H and O–H groups in total. The molecule has 30 heavy (non-hydrogen) atoms. The number of ether oxygens (including phenoxy) is 2. The second-order valence-electron chi connectivity index (χ2n) is 8.54. The summed E-state index contributed by atoms with van der Waals surface area (Å²) in [6.07, 6.45) is 19.0. The van der Waals surface area contributed by atoms with Gasteiger partial charge in [0.25, 0.3) is 0 Å². The first-order valence-electron chi connectivity index (χ1n) is 12.7. The number of unbranched alkanes of at least 4 members (excludes halogenated alkanes) is 14. The van der Waals surface area contributed by atoms with Crippen molar-refractivity contribution in [2.75, 3.05) is 19.8 Å². The van der Waals surface area contributed by atoms with Gasteiger partial charge >= 0.3 is 5.97 Å². The summed E-state index contributed by atoms with van der Waals surface area (Å²) in [5.74, 6) is -0.250. The summed E-state index contributed by atoms with van der Waals surface area (Å²) in [6.45, 7) is 4.30. The van der Waals surface area contributed by atoms with Gasteiger partial charge in [-0.15, -0.1) is 0 Å². The van der Waals surface area contributed by atoms with E-state index in [1.165, 1.54) is 83.5 Å². The average molecular weight is 431 g/mol. The Morgan fingerprint density at radius 2 is 1.20 bits per heavy atom. The maximum absolute atomic E-state index is 11.8. The fourth-order valence-electron chi connectivity index (χ4n) is 3.54. The fourth-order valence-corrected chi connectivity index (χ4v) is 3.54. The van der Waals surface area contributed by atoms with Gasteiger partial charge in [-0.2, -0.15) is 0 Å². The molecule has 0 rings (SSSR count). The van der Waals surface area contributed by atoms with Gasteiger partial charge in [0, 0.05) is 13.0 Å². The maximum Gasteiger partial charge on any atom is 0.305 e. The van der Waals surface area contributed by atoms with Crippen molar-refractivity contribution in [1.29, 1.82) is 0 Å². The van der Waals surface area contributed by atoms with Gasteiger partial charge < -0.3 is 19.7 Å². The molecule has 0 aromatic carbocycles. The molecular weight excluding hydrogens is 380 g/mol. The van der Waals surface area contributed by atoms with Crippen molar-refractivity contribution in [3.63, 3.8) is 0 Å². The van der Waals surface area contributed by atoms with Crippen LogP contribution < -0.4 is 0 Å². The van der Waals surface area contributed by atoms with Crippen molar-refractivity contribution < 1.29 is 24.5 Å². The molecule has 5 heteroatoms. The lowest BCUT2D eigenvalue weighted by Crippen LogP contribution is -2.37. The summed E-state index contributed by atoms with van der Waals surface area (Å²) in [5.41, 5.74) is 0. The molecule has 0 saturated carbocycles. The van der Waals surface area contributed by atoms with Crippen LogP contribution in [0, 0.1) is 0 Å². The van der Waals surface area contributed by atoms with Gasteiger partial charge in [-0.25, -0.2) is 0 Å². The standard InChI is InChI=1S/C25H50O5/c1-3-5-6-7-8-9-10-11-12-13-14-15-16-17-18-19-25(28)30-22-24(23(27)21-26)29-20-4-2/h23-24,26-27H,3-22H2,1-2H3/t23-,24?/m0/s1. The summed E-state index contributed by atoms with van der Waals surface area (Å²) < 4.78 is 10.6. The van der Waals surface area contributed by atoms with Crippen molar-refractivity contribution >= 4 is 5.97 Å². The average Bonchev–Trinajstić information content (AvgIpc) is 2.76. The van der Waals surface area contributed by atoms with Crippen LogP contribution in [0.15, 0.2) is 0 Å². The molecule has 0 amide bonds. The Bertz CT molecular complexity index is 361. The number of carbonyl (C=O) groups excluding carboxylic acids is 1. The highest BCUT2D eigenvalue weighted by atomic mass is 16.6. The third-order valence-corrected chi connectivity index (χ3v) is 5.55. The second-order valence-corrected chi connectivity index (χ2v) is 8.54. The van der Waals surface area contributed by atoms with E-state index in [1.807, 2.05) is 6.92 Å². The molecular formula is C25H50O5. The number of esters is 1. The molecule has 0 heterocycles. The quantitative estimate of drug-likeness (QED) is 0.155. The minimum Gasteiger partial charge on any atom is -0.463 e. The molecule has 0 aliphatic heterocycles. The number of carbonyl (C=O) groups is 1. The van der Waals surface area contributed by atoms with Gasteiger partial charge in [0.1, 0.15) is 18.8 Å². The highest BCUT2D eigenvalue weighted by Gasteiger charge is 2.20. The van der Waals surface area contributed by atoms with Crippen LogP contribution in [0.3, 0.4) is 0 Å². The number of aliphatic hydroxyl groups is 2. The van der Waals surface area contributed by atoms with Gasteiger partial charge in [-0.3, -0.25) is 4.79 Å². The molecule has 0 spiro atoms. The maximum atomic E-state index is 11.8. The first-order chi connectivity index (χ1) is 14.7. The van der Waals surface area contributed by atoms with Crippen LogP contribution in [0.5, 0.6) is 0 Å². The molecule has 2 atom stereocenters. The van der Waals surface area contributed by atoms with Crippen molar-refractivity contribution in [2.45, 2.75) is 135 Å². The molecule has 0 radical (unpaired) electrons. The van der Waals surface area contributed by atoms with E-state index in [-0.39, 0.29) is 12.6 Å². The highest BCUT2D eigenvalue weighted by molar-refractivity contribution is 5.69. The Labute approximate surface area is 185 Å². The number of hydrogen-bond donors (Lipinski definition) is 2. The molecule has 0 aliphatic rings. The minimum atomic E-state index is -1.02. The third kappa shape index (κ3) is 19.3. The second kappa shape index (κ2) is 23.0. The van der Waals surface area contributed by atoms with Crippen LogP contribution in [0.25, 0.3) is 0 Å². The number of hydrogen-bond acceptors (Lipinski definition) is 5. The van der Waals surface area contributed by atoms with E-state index in [4.69, 9.17) is 14.6 Å². The van der Waals surface area contributed by atoms with Gasteiger partial charge in [0.05, 0.1) is 6.61 Å². The largest absolute Gasteiger partial charge is 0.463 e. The molecule has 1 unspecified atom stereocenters. The zero-order valence-electron chi connectivity index (χ0n) is 19.9. The molecule has 0 saturated heterocycles. The summed E-state index contributed by atoms with van der Waals surface area (Å²) in [5, 5.41) is 18.8. The monoisotopic (exact) mass is 430 g/mol. The molecule has 5 nitrogen and oxygen atoms in total. The topological polar surface area (TPSA) is 76.0 Å². The minimum absolute atomic E-state index is 0.000694. The molecule has 0 aromatic rings. The van der Waals surface area contributed by atoms with Crippen molar-refractivity contribution in [3.8, 4) is 0 Å². The molecule has 180 valence electrons. The first-order valence-corrected chi connectivity index (χ1v) is 12.7. The predicted molar refractivity (Wildman–Crippen MR) is 124 cm³/mol. The first kappa shape index (κ1) is 29.4. The van der Waals surface area contributed by atoms with Gasteiger partial charge in [0.2, 0.25) is 0 Å². The third-order valence-electron chi connectivity index (χ3n) is 5.55. The van der Waals surface area contributed by atoms with E-state index in [2.05, 4.69) is 6.92 Å². The molecule has 0 fully saturated rings. The van der Waals surface area contributed by atoms with Gasteiger partial charge in [-0.1, -0.05) is 104 Å². The normalized spacial score (nSPS) is 13.3. The predicted octanol–water partition coefficient (Wildman–Crippen LogP) is 5.94. The van der Waals surface area contributed by atoms with Crippen LogP contribution in [0.1, 0.15) is 123 Å². The number of aliphatic hydroxyl groups excluding tert-OH is 2. The van der Waals surface area contributed by atoms with Gasteiger partial charge in [0.15, 0.2) is 0 Å². The summed E-state index contributed by atoms with van der Waals surface area (Å²) >= 11 is 0. The van der Waals surface area contributed by atoms with Gasteiger partial charge in [-0.05, 0) is 12.8 Å². The number of rotatable bonds is 23. The Kier molecular flexibility index (Phi) is 22.5. The smallest absolute Gasteiger partial charge is 0.305 e. The van der Waals surface area contributed by atoms with Crippen LogP contribution in [0.4, 0.5) is 0 Å². The van der Waals surface area contributed by atoms with E-state index in [9.17, 15) is 9.90 Å². The zero-order chi connectivity index (χ0) is 22.3. The summed E-state index contributed by atoms with van der Waals surface area (Å²) in [6, 6.07) is 0. The lowest BCUT2D eigenvalue weighted by Gasteiger charge is -2.21. The van der Waals surface area contributed by atoms with Crippen molar-refractivity contribution in [1.82, 2.24) is 0 Å². The Morgan fingerprint density at radius 3 is 1.63 bits per heavy atom. The molecule has 0 bridgehead atoms. The van der Waals surface area contributed by atoms with Crippen LogP contribution >= 0.6 is 0 Å². The van der Waals surface area contributed by atoms with E-state index in [0.29, 0.717) is 13.0 Å². The van der Waals surface area contributed by atoms with E-state index in [1.54, 1.807) is 0 Å². The van der Waals surface area contributed by atoms with Crippen LogP contribution in [0.2, 0.25) is 0 Å². The fraction of sp³-hybridized carbons (Fsp3) is 0.960. The van der Waals surface area contributed by atoms with Crippen molar-refractivity contribution in [2.24, 2.45) is 0 Å². The van der Waals surface area contributed by atoms with E-state index < -0.39 is 18.8 Å². The zero-order valence-corrected chi connectivity index (χ0v) is 19.9. The lowest BCUT2D eigenvalue weighted by atomic mass is 10.0. The van der Waals surface area contributed by atoms with Crippen molar-refractivity contribution in [3.05, 3.63) is 0 Å². The highest BCUT2D eigenvalue weighted by Crippen LogP contribution is 2.14. The SMILES string of the molecule is CCCCCCCCCCCCCCCCCC(=O)OCC(OCCC)[C@@H](O)CO. The summed E-state index contributed by atoms with van der Waals surface area (Å²) in [4.78, 5) is 11.8. The summed E-state index contributed by atoms with van der Waals surface area (Å²) in [7, 11) is 0. The molecule has 0 aromatic heterocycles. The van der Waals surface area contributed by atoms with Crippen LogP contribution in [-0.4, -0.2) is 48.2 Å². The van der Waals surface area contributed by atoms with Crippen LogP contribution in [-0.2, 0) is 14.3 Å². The Morgan fingerprint density at radius 1 is 0.733 bits per heavy atom.